The van der Waals surface area contributed by atoms with Crippen LogP contribution in [0.1, 0.15) is 39.9 Å². The molecule has 2 aromatic carbocycles. The number of aliphatic hydroxyl groups excluding tert-OH is 2. The fraction of sp³-hybridized carbons (Fsp3) is 0.276. The van der Waals surface area contributed by atoms with E-state index in [0.717, 1.165) is 5.56 Å². The number of fused-ring (bicyclic) bond motifs is 3. The van der Waals surface area contributed by atoms with E-state index in [-0.39, 0.29) is 41.8 Å². The van der Waals surface area contributed by atoms with Crippen molar-refractivity contribution in [2.45, 2.75) is 31.3 Å². The van der Waals surface area contributed by atoms with Gasteiger partial charge in [-0.05, 0) is 65.2 Å². The van der Waals surface area contributed by atoms with E-state index in [9.17, 15) is 39.7 Å². The summed E-state index contributed by atoms with van der Waals surface area (Å²) in [7, 11) is 1.45. The molecule has 3 atom stereocenters. The quantitative estimate of drug-likeness (QED) is 0.267. The molecular formula is C29H26N2O9. The maximum absolute atomic E-state index is 13.7. The zero-order chi connectivity index (χ0) is 28.9. The van der Waals surface area contributed by atoms with E-state index in [0.29, 0.717) is 23.3 Å². The van der Waals surface area contributed by atoms with Crippen LogP contribution in [-0.4, -0.2) is 50.6 Å². The second-order valence-electron chi connectivity index (χ2n) is 10.1. The molecule has 11 heteroatoms. The van der Waals surface area contributed by atoms with Crippen molar-refractivity contribution in [1.82, 2.24) is 0 Å². The number of Topliss-reactive ketones (excluding diaryl/α,β-unsaturated/α-hetero) is 2. The molecule has 1 amide bonds. The molecule has 0 spiro atoms. The van der Waals surface area contributed by atoms with Crippen molar-refractivity contribution in [3.05, 3.63) is 86.2 Å². The first-order valence-corrected chi connectivity index (χ1v) is 12.5. The maximum atomic E-state index is 13.7. The van der Waals surface area contributed by atoms with E-state index in [2.05, 4.69) is 5.18 Å². The number of phenols is 1. The molecule has 0 bridgehead atoms. The molecule has 0 unspecified atom stereocenters. The smallest absolute Gasteiger partial charge is 0.255 e. The minimum Gasteiger partial charge on any atom is -0.511 e. The van der Waals surface area contributed by atoms with Gasteiger partial charge in [-0.3, -0.25) is 14.4 Å². The number of hydrogen-bond acceptors (Lipinski definition) is 10. The van der Waals surface area contributed by atoms with Crippen molar-refractivity contribution in [3.8, 4) is 11.5 Å². The average Bonchev–Trinajstić information content (AvgIpc) is 2.91. The molecular weight excluding hydrogens is 520 g/mol. The van der Waals surface area contributed by atoms with E-state index < -0.39 is 52.0 Å². The van der Waals surface area contributed by atoms with Crippen molar-refractivity contribution < 1.29 is 39.5 Å². The Balaban J connectivity index is 1.55. The highest BCUT2D eigenvalue weighted by Gasteiger charge is 2.59. The summed E-state index contributed by atoms with van der Waals surface area (Å²) in [6.07, 6.45) is 4.02. The van der Waals surface area contributed by atoms with Gasteiger partial charge in [-0.15, -0.1) is 4.91 Å². The molecule has 6 N–H and O–H groups in total. The predicted octanol–water partition coefficient (Wildman–Crippen LogP) is 3.24. The standard InChI is InChI=1S/C29H26N2O9/c1-40-21-9-13(5-8-19(21)32)3-2-4-14-6-7-18(31-39)23-17(14)11-15-10-16-12-20(33)24(28(30)37)27(36)29(16,38)26(35)22(15)25(23)34/h2,4-9,15-16,32-33,35,38H,3,10-12H2,1H3,(H2,30,37)/b4-2-/t15-,16+,29+/m1/s1. The number of allylic oxidation sites excluding steroid dienone is 3. The van der Waals surface area contributed by atoms with Crippen LogP contribution >= 0.6 is 0 Å². The molecule has 11 nitrogen and oxygen atoms in total. The Morgan fingerprint density at radius 3 is 2.60 bits per heavy atom. The summed E-state index contributed by atoms with van der Waals surface area (Å²) in [5, 5.41) is 45.6. The number of rotatable bonds is 6. The summed E-state index contributed by atoms with van der Waals surface area (Å²) in [5.41, 5.74) is 3.38. The molecule has 0 fully saturated rings. The van der Waals surface area contributed by atoms with Crippen LogP contribution in [0.3, 0.4) is 0 Å². The molecule has 0 saturated carbocycles. The van der Waals surface area contributed by atoms with Gasteiger partial charge in [-0.25, -0.2) is 0 Å². The predicted molar refractivity (Wildman–Crippen MR) is 142 cm³/mol. The molecule has 40 heavy (non-hydrogen) atoms. The Kier molecular flexibility index (Phi) is 6.54. The van der Waals surface area contributed by atoms with Crippen LogP contribution in [0.5, 0.6) is 11.5 Å². The fourth-order valence-electron chi connectivity index (χ4n) is 6.05. The van der Waals surface area contributed by atoms with Crippen LogP contribution in [-0.2, 0) is 22.4 Å². The van der Waals surface area contributed by atoms with Crippen LogP contribution in [0.4, 0.5) is 5.69 Å². The lowest BCUT2D eigenvalue weighted by molar-refractivity contribution is -0.144. The number of ketones is 2. The third-order valence-electron chi connectivity index (χ3n) is 7.98. The second kappa shape index (κ2) is 9.76. The number of hydrogen-bond donors (Lipinski definition) is 5. The van der Waals surface area contributed by atoms with Crippen LogP contribution < -0.4 is 10.5 Å². The number of methoxy groups -OCH3 is 1. The minimum atomic E-state index is -2.62. The number of nitrogens with two attached hydrogens (primary N) is 1. The highest BCUT2D eigenvalue weighted by Crippen LogP contribution is 2.51. The lowest BCUT2D eigenvalue weighted by Crippen LogP contribution is -2.57. The summed E-state index contributed by atoms with van der Waals surface area (Å²) in [6.45, 7) is 0. The number of carbonyl (C=O) groups excluding carboxylic acids is 3. The van der Waals surface area contributed by atoms with E-state index in [1.807, 2.05) is 6.08 Å². The van der Waals surface area contributed by atoms with Gasteiger partial charge in [0.15, 0.2) is 22.9 Å². The number of carbonyl (C=O) groups is 3. The van der Waals surface area contributed by atoms with Gasteiger partial charge >= 0.3 is 0 Å². The fourth-order valence-corrected chi connectivity index (χ4v) is 6.05. The van der Waals surface area contributed by atoms with Gasteiger partial charge < -0.3 is 30.9 Å². The summed E-state index contributed by atoms with van der Waals surface area (Å²) < 4.78 is 5.14. The van der Waals surface area contributed by atoms with E-state index >= 15 is 0 Å². The first-order valence-electron chi connectivity index (χ1n) is 12.5. The molecule has 5 rings (SSSR count). The van der Waals surface area contributed by atoms with Gasteiger partial charge in [0.1, 0.15) is 22.8 Å². The molecule has 0 aromatic heterocycles. The maximum Gasteiger partial charge on any atom is 0.255 e. The summed E-state index contributed by atoms with van der Waals surface area (Å²) >= 11 is 0. The van der Waals surface area contributed by atoms with Gasteiger partial charge in [0, 0.05) is 17.9 Å². The number of amides is 1. The minimum absolute atomic E-state index is 0.0144. The first-order chi connectivity index (χ1) is 19.0. The van der Waals surface area contributed by atoms with Crippen LogP contribution in [0, 0.1) is 16.7 Å². The van der Waals surface area contributed by atoms with E-state index in [1.165, 1.54) is 19.2 Å². The molecule has 0 saturated heterocycles. The van der Waals surface area contributed by atoms with Gasteiger partial charge in [-0.1, -0.05) is 24.3 Å². The molecule has 3 aliphatic carbocycles. The second-order valence-corrected chi connectivity index (χ2v) is 10.1. The van der Waals surface area contributed by atoms with Crippen molar-refractivity contribution in [2.24, 2.45) is 22.7 Å². The normalized spacial score (nSPS) is 24.1. The number of phenolic OH excluding ortho intramolecular Hbond substituents is 1. The van der Waals surface area contributed by atoms with Crippen LogP contribution in [0.25, 0.3) is 6.08 Å². The summed E-state index contributed by atoms with van der Waals surface area (Å²) in [5.74, 6) is -6.07. The van der Waals surface area contributed by atoms with Crippen molar-refractivity contribution in [2.75, 3.05) is 7.11 Å². The third-order valence-corrected chi connectivity index (χ3v) is 7.98. The molecule has 0 radical (unpaired) electrons. The SMILES string of the molecule is COc1cc(C/C=C\c2ccc(N=O)c3c2C[C@H]2C[C@H]4CC(O)=C(C(N)=O)C(=O)[C@@]4(O)C(O)=C2C3=O)ccc1O. The average molecular weight is 547 g/mol. The number of nitroso groups, excluding NO2 is 1. The topological polar surface area (TPSA) is 197 Å². The number of primary amides is 1. The van der Waals surface area contributed by atoms with Gasteiger partial charge in [0.2, 0.25) is 5.78 Å². The molecule has 0 aliphatic heterocycles. The Labute approximate surface area is 227 Å². The number of aliphatic hydroxyl groups is 3. The zero-order valence-corrected chi connectivity index (χ0v) is 21.4. The molecule has 0 heterocycles. The Hall–Kier alpha value is -4.77. The Bertz CT molecular complexity index is 1590. The molecule has 2 aromatic rings. The lowest BCUT2D eigenvalue weighted by atomic mass is 9.60. The monoisotopic (exact) mass is 546 g/mol. The summed E-state index contributed by atoms with van der Waals surface area (Å²) in [6, 6.07) is 7.99. The summed E-state index contributed by atoms with van der Waals surface area (Å²) in [4.78, 5) is 50.2. The molecule has 3 aliphatic rings. The Morgan fingerprint density at radius 1 is 1.18 bits per heavy atom. The van der Waals surface area contributed by atoms with Crippen molar-refractivity contribution >= 4 is 29.2 Å². The largest absolute Gasteiger partial charge is 0.511 e. The zero-order valence-electron chi connectivity index (χ0n) is 21.4. The van der Waals surface area contributed by atoms with Crippen LogP contribution in [0.15, 0.2) is 64.2 Å². The third kappa shape index (κ3) is 3.97. The highest BCUT2D eigenvalue weighted by molar-refractivity contribution is 6.24. The number of ether oxygens (including phenoxy) is 1. The van der Waals surface area contributed by atoms with Gasteiger partial charge in [0.25, 0.3) is 5.91 Å². The van der Waals surface area contributed by atoms with E-state index in [1.54, 1.807) is 24.3 Å². The van der Waals surface area contributed by atoms with Crippen molar-refractivity contribution in [1.29, 1.82) is 0 Å². The lowest BCUT2D eigenvalue weighted by Gasteiger charge is -2.45. The van der Waals surface area contributed by atoms with Gasteiger partial charge in [-0.2, -0.15) is 0 Å². The van der Waals surface area contributed by atoms with Crippen LogP contribution in [0.2, 0.25) is 0 Å². The molecule has 206 valence electrons. The Morgan fingerprint density at radius 2 is 1.93 bits per heavy atom. The highest BCUT2D eigenvalue weighted by atomic mass is 16.5. The number of nitrogens with zero attached hydrogens (tertiary/aromatic N) is 1. The van der Waals surface area contributed by atoms with Crippen molar-refractivity contribution in [3.63, 3.8) is 0 Å². The van der Waals surface area contributed by atoms with Gasteiger partial charge in [0.05, 0.1) is 12.7 Å². The number of benzene rings is 2. The van der Waals surface area contributed by atoms with E-state index in [4.69, 9.17) is 10.5 Å². The number of aromatic hydroxyl groups is 1. The first kappa shape index (κ1) is 26.8.